The summed E-state index contributed by atoms with van der Waals surface area (Å²) in [6.45, 7) is 2.35. The summed E-state index contributed by atoms with van der Waals surface area (Å²) in [6, 6.07) is 29.9. The summed E-state index contributed by atoms with van der Waals surface area (Å²) in [4.78, 5) is 28.9. The van der Waals surface area contributed by atoms with E-state index < -0.39 is 18.2 Å². The highest BCUT2D eigenvalue weighted by atomic mass is 16.4. The maximum atomic E-state index is 14.2. The average molecular weight is 496 g/mol. The van der Waals surface area contributed by atoms with Crippen LogP contribution in [-0.4, -0.2) is 62.3 Å². The Morgan fingerprint density at radius 2 is 1.46 bits per heavy atom. The zero-order valence-corrected chi connectivity index (χ0v) is 20.6. The Morgan fingerprint density at radius 1 is 0.865 bits per heavy atom. The molecule has 1 aliphatic rings. The second kappa shape index (κ2) is 10.3. The average Bonchev–Trinajstić information content (AvgIpc) is 3.30. The highest BCUT2D eigenvalue weighted by Crippen LogP contribution is 2.34. The van der Waals surface area contributed by atoms with Crippen LogP contribution in [-0.2, 0) is 0 Å². The first-order chi connectivity index (χ1) is 18.0. The molecule has 1 unspecified atom stereocenters. The number of rotatable bonds is 5. The molecule has 0 spiro atoms. The molecule has 7 nitrogen and oxygen atoms in total. The Balaban J connectivity index is 1.60. The molecule has 1 aromatic heterocycles. The number of aliphatic hydroxyl groups excluding tert-OH is 1. The summed E-state index contributed by atoms with van der Waals surface area (Å²) in [5, 5.41) is 21.0. The summed E-state index contributed by atoms with van der Waals surface area (Å²) in [7, 11) is 0. The number of amides is 2. The van der Waals surface area contributed by atoms with E-state index in [1.807, 2.05) is 91.9 Å². The van der Waals surface area contributed by atoms with Gasteiger partial charge in [-0.15, -0.1) is 0 Å². The van der Waals surface area contributed by atoms with E-state index in [0.717, 1.165) is 22.6 Å². The van der Waals surface area contributed by atoms with Crippen molar-refractivity contribution in [2.24, 2.45) is 0 Å². The molecule has 2 N–H and O–H groups in total. The van der Waals surface area contributed by atoms with Gasteiger partial charge in [0.2, 0.25) is 0 Å². The number of nitrogens with zero attached hydrogens (tertiary/aromatic N) is 3. The smallest absolute Gasteiger partial charge is 0.407 e. The molecule has 37 heavy (non-hydrogen) atoms. The van der Waals surface area contributed by atoms with Gasteiger partial charge in [-0.3, -0.25) is 4.79 Å². The van der Waals surface area contributed by atoms with Crippen LogP contribution < -0.4 is 0 Å². The Hall–Kier alpha value is -4.36. The van der Waals surface area contributed by atoms with E-state index in [4.69, 9.17) is 0 Å². The first kappa shape index (κ1) is 24.3. The molecule has 1 aliphatic heterocycles. The van der Waals surface area contributed by atoms with Gasteiger partial charge >= 0.3 is 6.09 Å². The van der Waals surface area contributed by atoms with Gasteiger partial charge in [-0.2, -0.15) is 0 Å². The largest absolute Gasteiger partial charge is 0.465 e. The van der Waals surface area contributed by atoms with E-state index in [9.17, 15) is 19.8 Å². The van der Waals surface area contributed by atoms with E-state index in [0.29, 0.717) is 11.1 Å². The van der Waals surface area contributed by atoms with Crippen molar-refractivity contribution in [3.8, 4) is 16.9 Å². The van der Waals surface area contributed by atoms with Crippen LogP contribution in [0.1, 0.15) is 27.7 Å². The number of carboxylic acid groups (broad SMARTS) is 1. The molecule has 0 aliphatic carbocycles. The van der Waals surface area contributed by atoms with Crippen molar-refractivity contribution < 1.29 is 19.8 Å². The molecular weight excluding hydrogens is 466 g/mol. The molecule has 188 valence electrons. The molecule has 2 heterocycles. The highest BCUT2D eigenvalue weighted by molar-refractivity contribution is 6.01. The van der Waals surface area contributed by atoms with Crippen LogP contribution in [0.5, 0.6) is 0 Å². The van der Waals surface area contributed by atoms with Crippen LogP contribution in [0.25, 0.3) is 16.9 Å². The fourth-order valence-corrected chi connectivity index (χ4v) is 5.13. The van der Waals surface area contributed by atoms with E-state index in [-0.39, 0.29) is 25.5 Å². The lowest BCUT2D eigenvalue weighted by atomic mass is 9.97. The van der Waals surface area contributed by atoms with Gasteiger partial charge < -0.3 is 24.6 Å². The van der Waals surface area contributed by atoms with Crippen molar-refractivity contribution in [3.05, 3.63) is 114 Å². The number of piperazine rings is 1. The van der Waals surface area contributed by atoms with E-state index in [2.05, 4.69) is 4.57 Å². The third-order valence-electron chi connectivity index (χ3n) is 6.93. The number of aliphatic hydroxyl groups is 1. The monoisotopic (exact) mass is 495 g/mol. The van der Waals surface area contributed by atoms with E-state index in [1.165, 1.54) is 4.90 Å². The van der Waals surface area contributed by atoms with Crippen molar-refractivity contribution in [2.45, 2.75) is 19.1 Å². The van der Waals surface area contributed by atoms with Crippen molar-refractivity contribution in [3.63, 3.8) is 0 Å². The molecule has 2 atom stereocenters. The molecule has 2 amide bonds. The quantitative estimate of drug-likeness (QED) is 0.408. The second-order valence-electron chi connectivity index (χ2n) is 9.23. The zero-order valence-electron chi connectivity index (χ0n) is 20.6. The Labute approximate surface area is 215 Å². The summed E-state index contributed by atoms with van der Waals surface area (Å²) in [5.41, 5.74) is 4.66. The molecule has 3 aromatic carbocycles. The summed E-state index contributed by atoms with van der Waals surface area (Å²) >= 11 is 0. The van der Waals surface area contributed by atoms with Gasteiger partial charge in [0.15, 0.2) is 0 Å². The predicted molar refractivity (Wildman–Crippen MR) is 142 cm³/mol. The van der Waals surface area contributed by atoms with Gasteiger partial charge in [0.05, 0.1) is 17.3 Å². The van der Waals surface area contributed by atoms with Crippen LogP contribution in [0.15, 0.2) is 97.1 Å². The number of aryl methyl sites for hydroxylation is 1. The first-order valence-electron chi connectivity index (χ1n) is 12.3. The van der Waals surface area contributed by atoms with Crippen molar-refractivity contribution in [1.29, 1.82) is 0 Å². The van der Waals surface area contributed by atoms with Crippen molar-refractivity contribution in [2.75, 3.05) is 19.6 Å². The third-order valence-corrected chi connectivity index (χ3v) is 6.93. The summed E-state index contributed by atoms with van der Waals surface area (Å²) < 4.78 is 2.07. The van der Waals surface area contributed by atoms with Crippen LogP contribution in [0.2, 0.25) is 0 Å². The standard InChI is InChI=1S/C30H29N3O4/c1-21-19-25(27(22-11-5-2-6-12-22)33(21)24-15-9-4-10-16-24)29(35)32-18-17-31(30(36)37)20-26(32)28(34)23-13-7-3-8-14-23/h2-16,19,26,28,34H,17-18,20H2,1H3,(H,36,37)/t26-,28?/m0/s1. The Bertz CT molecular complexity index is 1390. The van der Waals surface area contributed by atoms with Crippen LogP contribution in [0.4, 0.5) is 4.79 Å². The molecule has 0 saturated carbocycles. The van der Waals surface area contributed by atoms with Gasteiger partial charge in [-0.05, 0) is 36.2 Å². The van der Waals surface area contributed by atoms with E-state index >= 15 is 0 Å². The fraction of sp³-hybridized carbons (Fsp3) is 0.200. The Kier molecular flexibility index (Phi) is 6.79. The van der Waals surface area contributed by atoms with Gasteiger partial charge in [0, 0.05) is 31.0 Å². The molecule has 5 rings (SSSR count). The number of hydrogen-bond donors (Lipinski definition) is 2. The SMILES string of the molecule is Cc1cc(C(=O)N2CCN(C(=O)O)C[C@H]2C(O)c2ccccc2)c(-c2ccccc2)n1-c1ccccc1. The molecule has 1 fully saturated rings. The third kappa shape index (κ3) is 4.73. The minimum atomic E-state index is -1.06. The van der Waals surface area contributed by atoms with Gasteiger partial charge in [0.25, 0.3) is 5.91 Å². The van der Waals surface area contributed by atoms with E-state index in [1.54, 1.807) is 17.0 Å². The molecule has 7 heteroatoms. The zero-order chi connectivity index (χ0) is 25.9. The number of carbonyl (C=O) groups is 2. The molecule has 0 radical (unpaired) electrons. The second-order valence-corrected chi connectivity index (χ2v) is 9.23. The van der Waals surface area contributed by atoms with Gasteiger partial charge in [-0.25, -0.2) is 4.79 Å². The fourth-order valence-electron chi connectivity index (χ4n) is 5.13. The minimum Gasteiger partial charge on any atom is -0.465 e. The van der Waals surface area contributed by atoms with Gasteiger partial charge in [0.1, 0.15) is 6.10 Å². The van der Waals surface area contributed by atoms with Crippen LogP contribution in [0.3, 0.4) is 0 Å². The van der Waals surface area contributed by atoms with Crippen molar-refractivity contribution >= 4 is 12.0 Å². The lowest BCUT2D eigenvalue weighted by Gasteiger charge is -2.42. The normalized spacial score (nSPS) is 16.4. The molecule has 1 saturated heterocycles. The summed E-state index contributed by atoms with van der Waals surface area (Å²) in [6.07, 6.45) is -2.10. The number of hydrogen-bond acceptors (Lipinski definition) is 3. The molecule has 4 aromatic rings. The van der Waals surface area contributed by atoms with Crippen molar-refractivity contribution in [1.82, 2.24) is 14.4 Å². The Morgan fingerprint density at radius 3 is 2.08 bits per heavy atom. The molecular formula is C30H29N3O4. The first-order valence-corrected chi connectivity index (χ1v) is 12.3. The minimum absolute atomic E-state index is 0.0240. The van der Waals surface area contributed by atoms with Gasteiger partial charge in [-0.1, -0.05) is 78.9 Å². The lowest BCUT2D eigenvalue weighted by molar-refractivity contribution is 0.000973. The topological polar surface area (TPSA) is 86.0 Å². The maximum absolute atomic E-state index is 14.2. The highest BCUT2D eigenvalue weighted by Gasteiger charge is 2.39. The van der Waals surface area contributed by atoms with Crippen LogP contribution >= 0.6 is 0 Å². The number of benzene rings is 3. The number of carbonyl (C=O) groups excluding carboxylic acids is 1. The number of aromatic nitrogens is 1. The van der Waals surface area contributed by atoms with Crippen LogP contribution in [0, 0.1) is 6.92 Å². The number of para-hydroxylation sites is 1. The predicted octanol–water partition coefficient (Wildman–Crippen LogP) is 4.99. The lowest BCUT2D eigenvalue weighted by Crippen LogP contribution is -2.58. The molecule has 0 bridgehead atoms. The summed E-state index contributed by atoms with van der Waals surface area (Å²) in [5.74, 6) is -0.235. The maximum Gasteiger partial charge on any atom is 0.407 e.